The minimum Gasteiger partial charge on any atom is -0.343 e. The van der Waals surface area contributed by atoms with Crippen molar-refractivity contribution in [2.75, 3.05) is 26.2 Å². The molecule has 1 atom stereocenters. The largest absolute Gasteiger partial charge is 0.343 e. The Labute approximate surface area is 149 Å². The summed E-state index contributed by atoms with van der Waals surface area (Å²) in [5.74, 6) is 0.695. The molecule has 2 aliphatic heterocycles. The second-order valence-corrected chi connectivity index (χ2v) is 7.51. The normalized spacial score (nSPS) is 21.6. The fourth-order valence-corrected chi connectivity index (χ4v) is 4.07. The van der Waals surface area contributed by atoms with Crippen molar-refractivity contribution in [1.82, 2.24) is 9.80 Å². The molecular weight excluding hydrogens is 319 g/mol. The topological polar surface area (TPSA) is 40.6 Å². The Morgan fingerprint density at radius 1 is 1.12 bits per heavy atom. The summed E-state index contributed by atoms with van der Waals surface area (Å²) in [6, 6.07) is 5.30. The number of piperidine rings is 1. The van der Waals surface area contributed by atoms with Crippen LogP contribution in [-0.4, -0.2) is 47.8 Å². The molecule has 5 heteroatoms. The zero-order chi connectivity index (χ0) is 18.0. The summed E-state index contributed by atoms with van der Waals surface area (Å²) in [4.78, 5) is 28.0. The highest BCUT2D eigenvalue weighted by Crippen LogP contribution is 2.26. The molecule has 0 N–H and O–H groups in total. The predicted octanol–water partition coefficient (Wildman–Crippen LogP) is 2.78. The van der Waals surface area contributed by atoms with Crippen LogP contribution in [0.15, 0.2) is 18.2 Å². The molecule has 0 saturated carbocycles. The molecule has 0 aromatic heterocycles. The number of likely N-dealkylation sites (tertiary alicyclic amines) is 2. The van der Waals surface area contributed by atoms with E-state index in [1.807, 2.05) is 21.9 Å². The lowest BCUT2D eigenvalue weighted by Crippen LogP contribution is -2.43. The third-order valence-electron chi connectivity index (χ3n) is 5.63. The van der Waals surface area contributed by atoms with Crippen molar-refractivity contribution in [3.63, 3.8) is 0 Å². The highest BCUT2D eigenvalue weighted by molar-refractivity contribution is 5.80. The van der Waals surface area contributed by atoms with E-state index in [1.54, 1.807) is 13.8 Å². The van der Waals surface area contributed by atoms with Crippen molar-refractivity contribution < 1.29 is 14.0 Å². The lowest BCUT2D eigenvalue weighted by molar-refractivity contribution is -0.139. The minimum atomic E-state index is -0.163. The maximum atomic E-state index is 13.4. The molecule has 1 aromatic carbocycles. The molecule has 136 valence electrons. The number of hydrogen-bond acceptors (Lipinski definition) is 2. The van der Waals surface area contributed by atoms with Crippen molar-refractivity contribution in [2.24, 2.45) is 11.8 Å². The highest BCUT2D eigenvalue weighted by Gasteiger charge is 2.33. The fraction of sp³-hybridized carbons (Fsp3) is 0.600. The molecule has 0 bridgehead atoms. The third kappa shape index (κ3) is 4.20. The molecule has 2 saturated heterocycles. The van der Waals surface area contributed by atoms with Crippen molar-refractivity contribution in [1.29, 1.82) is 0 Å². The van der Waals surface area contributed by atoms with Gasteiger partial charge in [-0.1, -0.05) is 12.1 Å². The van der Waals surface area contributed by atoms with Gasteiger partial charge in [0.05, 0.1) is 0 Å². The molecule has 2 amide bonds. The highest BCUT2D eigenvalue weighted by atomic mass is 19.1. The lowest BCUT2D eigenvalue weighted by atomic mass is 9.95. The molecule has 1 unspecified atom stereocenters. The number of carbonyl (C=O) groups is 2. The van der Waals surface area contributed by atoms with E-state index >= 15 is 0 Å². The number of carbonyl (C=O) groups excluding carboxylic acids is 2. The Bertz CT molecular complexity index is 653. The van der Waals surface area contributed by atoms with Crippen LogP contribution in [0.4, 0.5) is 4.39 Å². The molecular formula is C20H27FN2O2. The molecule has 0 aliphatic carbocycles. The van der Waals surface area contributed by atoms with Crippen molar-refractivity contribution in [3.8, 4) is 0 Å². The average Bonchev–Trinajstić information content (AvgIpc) is 3.06. The van der Waals surface area contributed by atoms with Gasteiger partial charge >= 0.3 is 0 Å². The van der Waals surface area contributed by atoms with Crippen LogP contribution in [0, 0.1) is 24.6 Å². The summed E-state index contributed by atoms with van der Waals surface area (Å²) < 4.78 is 13.4. The van der Waals surface area contributed by atoms with Crippen LogP contribution >= 0.6 is 0 Å². The minimum absolute atomic E-state index is 0.0578. The molecule has 25 heavy (non-hydrogen) atoms. The van der Waals surface area contributed by atoms with Crippen LogP contribution in [0.3, 0.4) is 0 Å². The number of amides is 2. The molecule has 0 spiro atoms. The zero-order valence-electron chi connectivity index (χ0n) is 15.1. The number of hydrogen-bond donors (Lipinski definition) is 0. The van der Waals surface area contributed by atoms with E-state index in [4.69, 9.17) is 0 Å². The van der Waals surface area contributed by atoms with Crippen molar-refractivity contribution >= 4 is 11.8 Å². The molecule has 0 radical (unpaired) electrons. The maximum absolute atomic E-state index is 13.4. The van der Waals surface area contributed by atoms with E-state index < -0.39 is 0 Å². The first kappa shape index (κ1) is 17.9. The average molecular weight is 346 g/mol. The van der Waals surface area contributed by atoms with E-state index in [-0.39, 0.29) is 23.5 Å². The first-order chi connectivity index (χ1) is 11.9. The van der Waals surface area contributed by atoms with Gasteiger partial charge in [0.1, 0.15) is 5.82 Å². The summed E-state index contributed by atoms with van der Waals surface area (Å²) in [5.41, 5.74) is 1.83. The molecule has 2 fully saturated rings. The Balaban J connectivity index is 1.51. The number of benzene rings is 1. The third-order valence-corrected chi connectivity index (χ3v) is 5.63. The van der Waals surface area contributed by atoms with E-state index in [1.165, 1.54) is 6.07 Å². The predicted molar refractivity (Wildman–Crippen MR) is 94.5 cm³/mol. The number of aryl methyl sites for hydroxylation is 1. The Hall–Kier alpha value is -1.91. The zero-order valence-corrected chi connectivity index (χ0v) is 15.1. The fourth-order valence-electron chi connectivity index (χ4n) is 4.07. The number of halogens is 1. The van der Waals surface area contributed by atoms with Gasteiger partial charge in [-0.05, 0) is 55.7 Å². The second-order valence-electron chi connectivity index (χ2n) is 7.51. The van der Waals surface area contributed by atoms with Crippen LogP contribution < -0.4 is 0 Å². The Kier molecular flexibility index (Phi) is 5.40. The number of rotatable bonds is 3. The molecule has 4 nitrogen and oxygen atoms in total. The second kappa shape index (κ2) is 7.54. The number of nitrogens with zero attached hydrogens (tertiary/aromatic N) is 2. The SMILES string of the molecule is CC(=O)N1CCC(C(=O)N2CCC(Cc3ccc(F)c(C)c3)C2)CC1. The summed E-state index contributed by atoms with van der Waals surface area (Å²) in [5, 5.41) is 0. The molecule has 2 heterocycles. The molecule has 2 aliphatic rings. The summed E-state index contributed by atoms with van der Waals surface area (Å²) in [7, 11) is 0. The van der Waals surface area contributed by atoms with Gasteiger partial charge in [-0.25, -0.2) is 4.39 Å². The quantitative estimate of drug-likeness (QED) is 0.844. The summed E-state index contributed by atoms with van der Waals surface area (Å²) in [6.45, 7) is 6.37. The van der Waals surface area contributed by atoms with Crippen LogP contribution in [-0.2, 0) is 16.0 Å². The summed E-state index contributed by atoms with van der Waals surface area (Å²) in [6.07, 6.45) is 3.45. The van der Waals surface area contributed by atoms with Crippen LogP contribution in [0.5, 0.6) is 0 Å². The Morgan fingerprint density at radius 2 is 1.80 bits per heavy atom. The van der Waals surface area contributed by atoms with E-state index in [9.17, 15) is 14.0 Å². The standard InChI is InChI=1S/C20H27FN2O2/c1-14-11-16(3-4-19(14)21)12-17-5-8-23(13-17)20(25)18-6-9-22(10-7-18)15(2)24/h3-4,11,17-18H,5-10,12-13H2,1-2H3. The van der Waals surface area contributed by atoms with E-state index in [0.717, 1.165) is 44.3 Å². The van der Waals surface area contributed by atoms with Gasteiger partial charge in [-0.15, -0.1) is 0 Å². The monoisotopic (exact) mass is 346 g/mol. The van der Waals surface area contributed by atoms with Crippen LogP contribution in [0.2, 0.25) is 0 Å². The van der Waals surface area contributed by atoms with E-state index in [0.29, 0.717) is 24.6 Å². The Morgan fingerprint density at radius 3 is 2.44 bits per heavy atom. The van der Waals surface area contributed by atoms with Crippen LogP contribution in [0.25, 0.3) is 0 Å². The van der Waals surface area contributed by atoms with E-state index in [2.05, 4.69) is 0 Å². The van der Waals surface area contributed by atoms with Gasteiger partial charge in [0, 0.05) is 39.0 Å². The molecule has 1 aromatic rings. The van der Waals surface area contributed by atoms with Gasteiger partial charge in [0.25, 0.3) is 0 Å². The van der Waals surface area contributed by atoms with Gasteiger partial charge < -0.3 is 9.80 Å². The molecule has 3 rings (SSSR count). The van der Waals surface area contributed by atoms with Gasteiger partial charge in [0.2, 0.25) is 11.8 Å². The summed E-state index contributed by atoms with van der Waals surface area (Å²) >= 11 is 0. The van der Waals surface area contributed by atoms with Crippen LogP contribution in [0.1, 0.15) is 37.3 Å². The van der Waals surface area contributed by atoms with Crippen molar-refractivity contribution in [2.45, 2.75) is 39.5 Å². The van der Waals surface area contributed by atoms with Gasteiger partial charge in [-0.2, -0.15) is 0 Å². The maximum Gasteiger partial charge on any atom is 0.225 e. The smallest absolute Gasteiger partial charge is 0.225 e. The first-order valence-electron chi connectivity index (χ1n) is 9.23. The van der Waals surface area contributed by atoms with Gasteiger partial charge in [0.15, 0.2) is 0 Å². The van der Waals surface area contributed by atoms with Gasteiger partial charge in [-0.3, -0.25) is 9.59 Å². The van der Waals surface area contributed by atoms with Crippen molar-refractivity contribution in [3.05, 3.63) is 35.1 Å². The first-order valence-corrected chi connectivity index (χ1v) is 9.23. The lowest BCUT2D eigenvalue weighted by Gasteiger charge is -2.32.